The van der Waals surface area contributed by atoms with Gasteiger partial charge < -0.3 is 11.1 Å². The molecule has 6 nitrogen and oxygen atoms in total. The first-order valence-corrected chi connectivity index (χ1v) is 5.24. The monoisotopic (exact) mass is 249 g/mol. The Kier molecular flexibility index (Phi) is 5.81. The van der Waals surface area contributed by atoms with Crippen LogP contribution in [0.1, 0.15) is 20.8 Å². The SMILES string of the molecule is CC(Cl)C(=O)NC(=O)NC(C(N)=O)C(C)C. The summed E-state index contributed by atoms with van der Waals surface area (Å²) in [5.41, 5.74) is 5.08. The summed E-state index contributed by atoms with van der Waals surface area (Å²) < 4.78 is 0. The Hall–Kier alpha value is -1.30. The predicted molar refractivity (Wildman–Crippen MR) is 59.8 cm³/mol. The summed E-state index contributed by atoms with van der Waals surface area (Å²) in [5.74, 6) is -1.45. The zero-order valence-corrected chi connectivity index (χ0v) is 10.2. The molecule has 0 spiro atoms. The first-order chi connectivity index (χ1) is 7.25. The number of primary amides is 1. The smallest absolute Gasteiger partial charge is 0.322 e. The molecule has 92 valence electrons. The van der Waals surface area contributed by atoms with Crippen molar-refractivity contribution in [3.63, 3.8) is 0 Å². The van der Waals surface area contributed by atoms with E-state index in [1.165, 1.54) is 6.92 Å². The number of hydrogen-bond donors (Lipinski definition) is 3. The van der Waals surface area contributed by atoms with Gasteiger partial charge in [0.15, 0.2) is 0 Å². The normalized spacial score (nSPS) is 14.1. The van der Waals surface area contributed by atoms with E-state index in [1.807, 2.05) is 5.32 Å². The van der Waals surface area contributed by atoms with Gasteiger partial charge in [0.2, 0.25) is 11.8 Å². The minimum absolute atomic E-state index is 0.160. The van der Waals surface area contributed by atoms with Crippen molar-refractivity contribution in [3.05, 3.63) is 0 Å². The van der Waals surface area contributed by atoms with Crippen LogP contribution < -0.4 is 16.4 Å². The Morgan fingerprint density at radius 2 is 1.69 bits per heavy atom. The average molecular weight is 250 g/mol. The van der Waals surface area contributed by atoms with Crippen LogP contribution in [0.5, 0.6) is 0 Å². The van der Waals surface area contributed by atoms with Crippen molar-refractivity contribution in [3.8, 4) is 0 Å². The molecule has 0 aliphatic carbocycles. The molecule has 0 rings (SSSR count). The van der Waals surface area contributed by atoms with E-state index in [2.05, 4.69) is 5.32 Å². The fourth-order valence-electron chi connectivity index (χ4n) is 0.955. The molecule has 0 aliphatic rings. The van der Waals surface area contributed by atoms with Gasteiger partial charge in [0, 0.05) is 0 Å². The van der Waals surface area contributed by atoms with Gasteiger partial charge in [-0.25, -0.2) is 4.79 Å². The standard InChI is InChI=1S/C9H16ClN3O3/c1-4(2)6(7(11)14)12-9(16)13-8(15)5(3)10/h4-6H,1-3H3,(H2,11,14)(H2,12,13,15,16). The molecule has 7 heteroatoms. The fraction of sp³-hybridized carbons (Fsp3) is 0.667. The number of imide groups is 1. The Balaban J connectivity index is 4.32. The lowest BCUT2D eigenvalue weighted by molar-refractivity contribution is -0.121. The topological polar surface area (TPSA) is 101 Å². The highest BCUT2D eigenvalue weighted by molar-refractivity contribution is 6.31. The van der Waals surface area contributed by atoms with Crippen LogP contribution in [-0.4, -0.2) is 29.3 Å². The van der Waals surface area contributed by atoms with Crippen molar-refractivity contribution < 1.29 is 14.4 Å². The van der Waals surface area contributed by atoms with Crippen molar-refractivity contribution in [2.45, 2.75) is 32.2 Å². The second kappa shape index (κ2) is 6.32. The molecule has 4 N–H and O–H groups in total. The van der Waals surface area contributed by atoms with Gasteiger partial charge in [-0.2, -0.15) is 0 Å². The number of carbonyl (C=O) groups is 3. The molecule has 0 aromatic carbocycles. The summed E-state index contributed by atoms with van der Waals surface area (Å²) in [6, 6.07) is -1.60. The molecule has 0 aromatic rings. The molecule has 0 fully saturated rings. The minimum atomic E-state index is -0.822. The summed E-state index contributed by atoms with van der Waals surface area (Å²) in [6.07, 6.45) is 0. The van der Waals surface area contributed by atoms with Crippen molar-refractivity contribution in [1.29, 1.82) is 0 Å². The lowest BCUT2D eigenvalue weighted by Crippen LogP contribution is -2.52. The molecule has 0 radical (unpaired) electrons. The van der Waals surface area contributed by atoms with Crippen LogP contribution in [-0.2, 0) is 9.59 Å². The van der Waals surface area contributed by atoms with E-state index in [4.69, 9.17) is 17.3 Å². The summed E-state index contributed by atoms with van der Waals surface area (Å²) in [7, 11) is 0. The first kappa shape index (κ1) is 14.7. The number of rotatable bonds is 4. The Morgan fingerprint density at radius 1 is 1.19 bits per heavy atom. The van der Waals surface area contributed by atoms with E-state index in [1.54, 1.807) is 13.8 Å². The van der Waals surface area contributed by atoms with Crippen LogP contribution >= 0.6 is 11.6 Å². The molecule has 0 heterocycles. The van der Waals surface area contributed by atoms with Crippen LogP contribution in [0.3, 0.4) is 0 Å². The van der Waals surface area contributed by atoms with Crippen LogP contribution in [0.4, 0.5) is 4.79 Å². The van der Waals surface area contributed by atoms with E-state index in [9.17, 15) is 14.4 Å². The number of alkyl halides is 1. The van der Waals surface area contributed by atoms with E-state index in [0.29, 0.717) is 0 Å². The highest BCUT2D eigenvalue weighted by Crippen LogP contribution is 2.00. The molecule has 2 atom stereocenters. The number of nitrogens with two attached hydrogens (primary N) is 1. The van der Waals surface area contributed by atoms with E-state index < -0.39 is 29.3 Å². The maximum atomic E-state index is 11.3. The van der Waals surface area contributed by atoms with Gasteiger partial charge in [-0.1, -0.05) is 13.8 Å². The van der Waals surface area contributed by atoms with Crippen molar-refractivity contribution in [1.82, 2.24) is 10.6 Å². The number of carbonyl (C=O) groups excluding carboxylic acids is 3. The molecule has 4 amide bonds. The second-order valence-corrected chi connectivity index (χ2v) is 4.36. The van der Waals surface area contributed by atoms with Crippen molar-refractivity contribution >= 4 is 29.4 Å². The third-order valence-electron chi connectivity index (χ3n) is 1.86. The first-order valence-electron chi connectivity index (χ1n) is 4.80. The van der Waals surface area contributed by atoms with Crippen molar-refractivity contribution in [2.75, 3.05) is 0 Å². The summed E-state index contributed by atoms with van der Waals surface area (Å²) >= 11 is 5.45. The van der Waals surface area contributed by atoms with Gasteiger partial charge in [0.1, 0.15) is 11.4 Å². The van der Waals surface area contributed by atoms with Gasteiger partial charge in [-0.15, -0.1) is 11.6 Å². The van der Waals surface area contributed by atoms with Crippen LogP contribution in [0.15, 0.2) is 0 Å². The number of halogens is 1. The quantitative estimate of drug-likeness (QED) is 0.609. The second-order valence-electron chi connectivity index (χ2n) is 3.70. The van der Waals surface area contributed by atoms with Gasteiger partial charge >= 0.3 is 6.03 Å². The molecule has 0 bridgehead atoms. The molecular formula is C9H16ClN3O3. The highest BCUT2D eigenvalue weighted by atomic mass is 35.5. The van der Waals surface area contributed by atoms with Gasteiger partial charge in [-0.05, 0) is 12.8 Å². The maximum Gasteiger partial charge on any atom is 0.322 e. The third kappa shape index (κ3) is 4.97. The summed E-state index contributed by atoms with van der Waals surface area (Å²) in [4.78, 5) is 33.3. The molecule has 2 unspecified atom stereocenters. The molecule has 0 aromatic heterocycles. The molecule has 0 saturated heterocycles. The lowest BCUT2D eigenvalue weighted by atomic mass is 10.0. The lowest BCUT2D eigenvalue weighted by Gasteiger charge is -2.18. The summed E-state index contributed by atoms with van der Waals surface area (Å²) in [6.45, 7) is 4.88. The summed E-state index contributed by atoms with van der Waals surface area (Å²) in [5, 5.41) is 3.47. The van der Waals surface area contributed by atoms with Crippen molar-refractivity contribution in [2.24, 2.45) is 11.7 Å². The average Bonchev–Trinajstić information content (AvgIpc) is 2.12. The minimum Gasteiger partial charge on any atom is -0.368 e. The largest absolute Gasteiger partial charge is 0.368 e. The molecular weight excluding hydrogens is 234 g/mol. The third-order valence-corrected chi connectivity index (χ3v) is 2.06. The fourth-order valence-corrected chi connectivity index (χ4v) is 1.01. The number of hydrogen-bond acceptors (Lipinski definition) is 3. The number of amides is 4. The molecule has 16 heavy (non-hydrogen) atoms. The molecule has 0 aliphatic heterocycles. The Morgan fingerprint density at radius 3 is 2.00 bits per heavy atom. The van der Waals surface area contributed by atoms with Gasteiger partial charge in [-0.3, -0.25) is 14.9 Å². The zero-order valence-electron chi connectivity index (χ0n) is 9.41. The highest BCUT2D eigenvalue weighted by Gasteiger charge is 2.23. The maximum absolute atomic E-state index is 11.3. The molecule has 0 saturated carbocycles. The number of nitrogens with one attached hydrogen (secondary N) is 2. The van der Waals surface area contributed by atoms with E-state index >= 15 is 0 Å². The Bertz CT molecular complexity index is 292. The van der Waals surface area contributed by atoms with Crippen LogP contribution in [0.2, 0.25) is 0 Å². The van der Waals surface area contributed by atoms with E-state index in [0.717, 1.165) is 0 Å². The van der Waals surface area contributed by atoms with Gasteiger partial charge in [0.25, 0.3) is 0 Å². The van der Waals surface area contributed by atoms with E-state index in [-0.39, 0.29) is 5.92 Å². The van der Waals surface area contributed by atoms with Gasteiger partial charge in [0.05, 0.1) is 0 Å². The van der Waals surface area contributed by atoms with Crippen LogP contribution in [0, 0.1) is 5.92 Å². The Labute approximate surface area is 98.9 Å². The zero-order chi connectivity index (χ0) is 12.9. The van der Waals surface area contributed by atoms with Crippen LogP contribution in [0.25, 0.3) is 0 Å². The predicted octanol–water partition coefficient (Wildman–Crippen LogP) is -0.0506. The number of urea groups is 1.